The van der Waals surface area contributed by atoms with Crippen LogP contribution in [0.15, 0.2) is 36.4 Å². The zero-order valence-corrected chi connectivity index (χ0v) is 11.4. The molecule has 2 aromatic rings. The molecule has 0 unspecified atom stereocenters. The number of benzene rings is 2. The van der Waals surface area contributed by atoms with Crippen molar-refractivity contribution >= 4 is 11.5 Å². The maximum absolute atomic E-state index is 13.3. The Bertz CT molecular complexity index is 653. The topological polar surface area (TPSA) is 52.3 Å². The highest BCUT2D eigenvalue weighted by Gasteiger charge is 2.18. The van der Waals surface area contributed by atoms with Gasteiger partial charge in [0.1, 0.15) is 11.6 Å². The number of nitrogen functional groups attached to an aromatic ring is 1. The smallest absolute Gasteiger partial charge is 0.198 e. The molecule has 0 aliphatic heterocycles. The van der Waals surface area contributed by atoms with Crippen LogP contribution in [0.4, 0.5) is 10.1 Å². The van der Waals surface area contributed by atoms with Gasteiger partial charge in [0, 0.05) is 11.3 Å². The number of anilines is 1. The molecule has 0 heterocycles. The van der Waals surface area contributed by atoms with Crippen LogP contribution < -0.4 is 10.5 Å². The molecule has 0 fully saturated rings. The Morgan fingerprint density at radius 3 is 2.65 bits per heavy atom. The maximum atomic E-state index is 13.3. The zero-order valence-electron chi connectivity index (χ0n) is 11.4. The number of rotatable bonds is 4. The number of nitrogens with two attached hydrogens (primary N) is 1. The number of ether oxygens (including phenoxy) is 1. The van der Waals surface area contributed by atoms with Crippen LogP contribution in [0.25, 0.3) is 0 Å². The molecule has 0 saturated heterocycles. The Hall–Kier alpha value is -2.36. The first kappa shape index (κ1) is 14.1. The number of hydrogen-bond acceptors (Lipinski definition) is 3. The molecule has 3 nitrogen and oxygen atoms in total. The van der Waals surface area contributed by atoms with Crippen molar-refractivity contribution in [3.63, 3.8) is 0 Å². The molecule has 0 aromatic heterocycles. The van der Waals surface area contributed by atoms with Gasteiger partial charge in [-0.2, -0.15) is 0 Å². The third kappa shape index (κ3) is 2.79. The number of ketones is 1. The van der Waals surface area contributed by atoms with Crippen molar-refractivity contribution in [2.75, 3.05) is 12.3 Å². The van der Waals surface area contributed by atoms with E-state index in [0.717, 1.165) is 11.6 Å². The number of carbonyl (C=O) groups is 1. The Morgan fingerprint density at radius 2 is 1.95 bits per heavy atom. The standard InChI is InChI=1S/C16H16FNO2/c1-3-20-15-7-4-10(2)8-13(15)16(19)12-9-11(17)5-6-14(12)18/h4-9H,3,18H2,1-2H3. The molecule has 0 bridgehead atoms. The first-order chi connectivity index (χ1) is 9.52. The molecule has 2 rings (SSSR count). The summed E-state index contributed by atoms with van der Waals surface area (Å²) in [6.07, 6.45) is 0. The summed E-state index contributed by atoms with van der Waals surface area (Å²) in [5.74, 6) is -0.353. The summed E-state index contributed by atoms with van der Waals surface area (Å²) in [5.41, 5.74) is 7.48. The van der Waals surface area contributed by atoms with Gasteiger partial charge in [-0.3, -0.25) is 4.79 Å². The predicted octanol–water partition coefficient (Wildman–Crippen LogP) is 3.35. The Balaban J connectivity index is 2.52. The van der Waals surface area contributed by atoms with Gasteiger partial charge in [0.2, 0.25) is 0 Å². The van der Waals surface area contributed by atoms with E-state index in [2.05, 4.69) is 0 Å². The summed E-state index contributed by atoms with van der Waals surface area (Å²) in [5, 5.41) is 0. The quantitative estimate of drug-likeness (QED) is 0.686. The monoisotopic (exact) mass is 273 g/mol. The van der Waals surface area contributed by atoms with E-state index >= 15 is 0 Å². The van der Waals surface area contributed by atoms with Gasteiger partial charge < -0.3 is 10.5 Å². The van der Waals surface area contributed by atoms with Gasteiger partial charge >= 0.3 is 0 Å². The van der Waals surface area contributed by atoms with Gasteiger partial charge in [-0.05, 0) is 44.2 Å². The highest BCUT2D eigenvalue weighted by molar-refractivity contribution is 6.13. The lowest BCUT2D eigenvalue weighted by Gasteiger charge is -2.11. The SMILES string of the molecule is CCOc1ccc(C)cc1C(=O)c1cc(F)ccc1N. The molecular weight excluding hydrogens is 257 g/mol. The van der Waals surface area contributed by atoms with Gasteiger partial charge in [-0.1, -0.05) is 11.6 Å². The fraction of sp³-hybridized carbons (Fsp3) is 0.188. The van der Waals surface area contributed by atoms with Crippen molar-refractivity contribution in [2.45, 2.75) is 13.8 Å². The van der Waals surface area contributed by atoms with Crippen molar-refractivity contribution in [2.24, 2.45) is 0 Å². The number of aryl methyl sites for hydroxylation is 1. The summed E-state index contributed by atoms with van der Waals surface area (Å²) in [7, 11) is 0. The molecule has 2 N–H and O–H groups in total. The van der Waals surface area contributed by atoms with Crippen LogP contribution in [0.5, 0.6) is 5.75 Å². The van der Waals surface area contributed by atoms with Crippen LogP contribution in [0.1, 0.15) is 28.4 Å². The van der Waals surface area contributed by atoms with Crippen LogP contribution in [0.2, 0.25) is 0 Å². The highest BCUT2D eigenvalue weighted by atomic mass is 19.1. The van der Waals surface area contributed by atoms with Gasteiger partial charge in [0.25, 0.3) is 0 Å². The summed E-state index contributed by atoms with van der Waals surface area (Å²) in [4.78, 5) is 12.5. The first-order valence-corrected chi connectivity index (χ1v) is 6.36. The van der Waals surface area contributed by atoms with E-state index in [-0.39, 0.29) is 17.0 Å². The van der Waals surface area contributed by atoms with E-state index in [4.69, 9.17) is 10.5 Å². The van der Waals surface area contributed by atoms with E-state index < -0.39 is 5.82 Å². The molecule has 4 heteroatoms. The Labute approximate surface area is 117 Å². The Morgan fingerprint density at radius 1 is 1.20 bits per heavy atom. The molecule has 0 aliphatic carbocycles. The van der Waals surface area contributed by atoms with Gasteiger partial charge in [-0.25, -0.2) is 4.39 Å². The normalized spacial score (nSPS) is 10.3. The molecule has 0 amide bonds. The van der Waals surface area contributed by atoms with Gasteiger partial charge in [0.05, 0.1) is 12.2 Å². The summed E-state index contributed by atoms with van der Waals surface area (Å²) in [6.45, 7) is 4.16. The van der Waals surface area contributed by atoms with E-state index in [1.54, 1.807) is 12.1 Å². The lowest BCUT2D eigenvalue weighted by Crippen LogP contribution is -2.09. The Kier molecular flexibility index (Phi) is 4.03. The third-order valence-corrected chi connectivity index (χ3v) is 2.94. The molecular formula is C16H16FNO2. The predicted molar refractivity (Wildman–Crippen MR) is 76.6 cm³/mol. The minimum atomic E-state index is -0.492. The largest absolute Gasteiger partial charge is 0.493 e. The van der Waals surface area contributed by atoms with Gasteiger partial charge in [-0.15, -0.1) is 0 Å². The van der Waals surface area contributed by atoms with Crippen LogP contribution in [0, 0.1) is 12.7 Å². The first-order valence-electron chi connectivity index (χ1n) is 6.36. The second-order valence-electron chi connectivity index (χ2n) is 4.49. The maximum Gasteiger partial charge on any atom is 0.198 e. The lowest BCUT2D eigenvalue weighted by atomic mass is 9.99. The minimum absolute atomic E-state index is 0.150. The van der Waals surface area contributed by atoms with Crippen molar-refractivity contribution in [3.8, 4) is 5.75 Å². The average molecular weight is 273 g/mol. The zero-order chi connectivity index (χ0) is 14.7. The molecule has 0 spiro atoms. The fourth-order valence-corrected chi connectivity index (χ4v) is 1.97. The van der Waals surface area contributed by atoms with Crippen LogP contribution >= 0.6 is 0 Å². The van der Waals surface area contributed by atoms with Crippen LogP contribution in [-0.4, -0.2) is 12.4 Å². The summed E-state index contributed by atoms with van der Waals surface area (Å²) in [6, 6.07) is 9.08. The summed E-state index contributed by atoms with van der Waals surface area (Å²) >= 11 is 0. The second kappa shape index (κ2) is 5.74. The highest BCUT2D eigenvalue weighted by Crippen LogP contribution is 2.26. The molecule has 0 atom stereocenters. The average Bonchev–Trinajstić information content (AvgIpc) is 2.43. The van der Waals surface area contributed by atoms with E-state index in [1.807, 2.05) is 19.9 Å². The molecule has 0 aliphatic rings. The van der Waals surface area contributed by atoms with Crippen LogP contribution in [-0.2, 0) is 0 Å². The van der Waals surface area contributed by atoms with Crippen molar-refractivity contribution in [3.05, 3.63) is 58.9 Å². The number of halogens is 1. The fourth-order valence-electron chi connectivity index (χ4n) is 1.97. The molecule has 0 saturated carbocycles. The minimum Gasteiger partial charge on any atom is -0.493 e. The third-order valence-electron chi connectivity index (χ3n) is 2.94. The van der Waals surface area contributed by atoms with Gasteiger partial charge in [0.15, 0.2) is 5.78 Å². The number of hydrogen-bond donors (Lipinski definition) is 1. The molecule has 2 aromatic carbocycles. The summed E-state index contributed by atoms with van der Waals surface area (Å²) < 4.78 is 18.8. The van der Waals surface area contributed by atoms with E-state index in [0.29, 0.717) is 17.9 Å². The molecule has 20 heavy (non-hydrogen) atoms. The van der Waals surface area contributed by atoms with Crippen LogP contribution in [0.3, 0.4) is 0 Å². The lowest BCUT2D eigenvalue weighted by molar-refractivity contribution is 0.103. The number of carbonyl (C=O) groups excluding carboxylic acids is 1. The van der Waals surface area contributed by atoms with E-state index in [9.17, 15) is 9.18 Å². The van der Waals surface area contributed by atoms with Crippen molar-refractivity contribution in [1.82, 2.24) is 0 Å². The van der Waals surface area contributed by atoms with E-state index in [1.165, 1.54) is 12.1 Å². The second-order valence-corrected chi connectivity index (χ2v) is 4.49. The van der Waals surface area contributed by atoms with Crippen molar-refractivity contribution < 1.29 is 13.9 Å². The molecule has 0 radical (unpaired) electrons. The molecule has 104 valence electrons. The van der Waals surface area contributed by atoms with Crippen molar-refractivity contribution in [1.29, 1.82) is 0 Å².